The number of hydrogen-bond donors (Lipinski definition) is 1. The molecule has 1 aromatic carbocycles. The van der Waals surface area contributed by atoms with Gasteiger partial charge in [-0.3, -0.25) is 4.79 Å². The molecule has 0 radical (unpaired) electrons. The topological polar surface area (TPSA) is 66.3 Å². The summed E-state index contributed by atoms with van der Waals surface area (Å²) >= 11 is 0. The van der Waals surface area contributed by atoms with Crippen LogP contribution in [0, 0.1) is 0 Å². The van der Waals surface area contributed by atoms with Crippen LogP contribution in [0.25, 0.3) is 0 Å². The number of anilines is 1. The molecule has 160 valence electrons. The van der Waals surface area contributed by atoms with Crippen LogP contribution in [-0.2, 0) is 0 Å². The fourth-order valence-electron chi connectivity index (χ4n) is 4.12. The summed E-state index contributed by atoms with van der Waals surface area (Å²) in [5.41, 5.74) is 1.70. The van der Waals surface area contributed by atoms with Crippen LogP contribution in [0.15, 0.2) is 36.5 Å². The van der Waals surface area contributed by atoms with E-state index in [-0.39, 0.29) is 30.7 Å². The van der Waals surface area contributed by atoms with Crippen molar-refractivity contribution in [2.75, 3.05) is 38.1 Å². The molecule has 0 unspecified atom stereocenters. The number of para-hydroxylation sites is 1. The second-order valence-corrected chi connectivity index (χ2v) is 7.53. The van der Waals surface area contributed by atoms with Gasteiger partial charge in [-0.05, 0) is 50.9 Å². The van der Waals surface area contributed by atoms with Crippen LogP contribution in [0.5, 0.6) is 0 Å². The first-order chi connectivity index (χ1) is 13.2. The van der Waals surface area contributed by atoms with Crippen molar-refractivity contribution >= 4 is 36.4 Å². The van der Waals surface area contributed by atoms with Gasteiger partial charge in [0, 0.05) is 31.9 Å². The van der Waals surface area contributed by atoms with E-state index in [2.05, 4.69) is 51.8 Å². The Bertz CT molecular complexity index is 757. The summed E-state index contributed by atoms with van der Waals surface area (Å²) in [6, 6.07) is 11.3. The van der Waals surface area contributed by atoms with E-state index in [0.29, 0.717) is 17.8 Å². The highest BCUT2D eigenvalue weighted by molar-refractivity contribution is 5.92. The molecule has 3 heterocycles. The summed E-state index contributed by atoms with van der Waals surface area (Å²) in [5, 5.41) is 11.7. The van der Waals surface area contributed by atoms with Gasteiger partial charge >= 0.3 is 0 Å². The molecule has 0 spiro atoms. The lowest BCUT2D eigenvalue weighted by atomic mass is 10.0. The third-order valence-electron chi connectivity index (χ3n) is 5.88. The van der Waals surface area contributed by atoms with Crippen molar-refractivity contribution in [2.24, 2.45) is 0 Å². The molecule has 0 atom stereocenters. The molecular formula is C20H30Cl2N6O. The zero-order chi connectivity index (χ0) is 18.6. The van der Waals surface area contributed by atoms with E-state index in [4.69, 9.17) is 0 Å². The van der Waals surface area contributed by atoms with Crippen LogP contribution in [0.1, 0.15) is 42.2 Å². The van der Waals surface area contributed by atoms with Crippen molar-refractivity contribution in [3.05, 3.63) is 42.2 Å². The minimum atomic E-state index is 0. The maximum Gasteiger partial charge on any atom is 0.276 e. The first kappa shape index (κ1) is 23.4. The molecule has 0 bridgehead atoms. The number of amides is 1. The minimum absolute atomic E-state index is 0. The molecule has 0 saturated carbocycles. The van der Waals surface area contributed by atoms with Crippen molar-refractivity contribution in [1.82, 2.24) is 25.2 Å². The van der Waals surface area contributed by atoms with E-state index in [1.165, 1.54) is 5.69 Å². The Morgan fingerprint density at radius 1 is 1.07 bits per heavy atom. The molecule has 2 aromatic rings. The lowest BCUT2D eigenvalue weighted by Crippen LogP contribution is -2.45. The number of piperidine rings is 2. The number of carbonyl (C=O) groups excluding carboxylic acids is 1. The van der Waals surface area contributed by atoms with Gasteiger partial charge < -0.3 is 15.1 Å². The van der Waals surface area contributed by atoms with Crippen molar-refractivity contribution in [3.63, 3.8) is 0 Å². The van der Waals surface area contributed by atoms with E-state index in [1.54, 1.807) is 0 Å². The lowest BCUT2D eigenvalue weighted by Gasteiger charge is -2.37. The number of nitrogens with zero attached hydrogens (tertiary/aromatic N) is 5. The molecular weight excluding hydrogens is 411 g/mol. The Morgan fingerprint density at radius 2 is 1.72 bits per heavy atom. The predicted octanol–water partition coefficient (Wildman–Crippen LogP) is 2.79. The van der Waals surface area contributed by atoms with Gasteiger partial charge in [0.2, 0.25) is 0 Å². The molecule has 7 nitrogen and oxygen atoms in total. The summed E-state index contributed by atoms with van der Waals surface area (Å²) in [6.45, 7) is 3.52. The number of hydrogen-bond acceptors (Lipinski definition) is 5. The monoisotopic (exact) mass is 440 g/mol. The fraction of sp³-hybridized carbons (Fsp3) is 0.550. The Kier molecular flexibility index (Phi) is 8.74. The van der Waals surface area contributed by atoms with Crippen LogP contribution in [0.3, 0.4) is 0 Å². The highest BCUT2D eigenvalue weighted by Crippen LogP contribution is 2.23. The van der Waals surface area contributed by atoms with E-state index >= 15 is 0 Å². The number of rotatable bonds is 4. The third kappa shape index (κ3) is 5.41. The smallest absolute Gasteiger partial charge is 0.276 e. The van der Waals surface area contributed by atoms with Gasteiger partial charge in [-0.1, -0.05) is 23.4 Å². The molecule has 1 amide bonds. The molecule has 2 aliphatic heterocycles. The number of aromatic nitrogens is 3. The lowest BCUT2D eigenvalue weighted by molar-refractivity contribution is 0.0707. The zero-order valence-corrected chi connectivity index (χ0v) is 18.4. The number of halogens is 2. The van der Waals surface area contributed by atoms with Gasteiger partial charge in [-0.15, -0.1) is 29.9 Å². The maximum atomic E-state index is 12.8. The summed E-state index contributed by atoms with van der Waals surface area (Å²) < 4.78 is 1.88. The standard InChI is InChI=1S/C20H28N6O.2ClH/c1-24(16-5-3-2-4-6-16)17-9-13-25(14-10-17)20(27)19-15-26(23-22-19)18-7-11-21-12-8-18;;/h2-6,15,17-18,21H,7-14H2,1H3;2*1H. The zero-order valence-electron chi connectivity index (χ0n) is 16.7. The molecule has 1 aromatic heterocycles. The predicted molar refractivity (Wildman–Crippen MR) is 119 cm³/mol. The second kappa shape index (κ2) is 10.8. The van der Waals surface area contributed by atoms with Crippen molar-refractivity contribution in [2.45, 2.75) is 37.8 Å². The molecule has 2 fully saturated rings. The number of carbonyl (C=O) groups is 1. The van der Waals surface area contributed by atoms with Crippen molar-refractivity contribution in [1.29, 1.82) is 0 Å². The highest BCUT2D eigenvalue weighted by Gasteiger charge is 2.28. The maximum absolute atomic E-state index is 12.8. The average molecular weight is 441 g/mol. The molecule has 9 heteroatoms. The van der Waals surface area contributed by atoms with Crippen LogP contribution < -0.4 is 10.2 Å². The SMILES string of the molecule is CN(c1ccccc1)C1CCN(C(=O)c2cn(C3CCNCC3)nn2)CC1.Cl.Cl. The molecule has 0 aliphatic carbocycles. The average Bonchev–Trinajstić information content (AvgIpc) is 3.24. The molecule has 2 saturated heterocycles. The quantitative estimate of drug-likeness (QED) is 0.791. The first-order valence-corrected chi connectivity index (χ1v) is 9.92. The van der Waals surface area contributed by atoms with Crippen molar-refractivity contribution in [3.8, 4) is 0 Å². The van der Waals surface area contributed by atoms with Gasteiger partial charge in [0.1, 0.15) is 0 Å². The number of likely N-dealkylation sites (tertiary alicyclic amines) is 1. The van der Waals surface area contributed by atoms with E-state index in [9.17, 15) is 4.79 Å². The van der Waals surface area contributed by atoms with Gasteiger partial charge in [-0.25, -0.2) is 4.68 Å². The Balaban J connectivity index is 0.00000150. The van der Waals surface area contributed by atoms with Gasteiger partial charge in [0.15, 0.2) is 5.69 Å². The van der Waals surface area contributed by atoms with Crippen LogP contribution in [0.2, 0.25) is 0 Å². The molecule has 4 rings (SSSR count). The first-order valence-electron chi connectivity index (χ1n) is 9.92. The minimum Gasteiger partial charge on any atom is -0.371 e. The van der Waals surface area contributed by atoms with E-state index < -0.39 is 0 Å². The summed E-state index contributed by atoms with van der Waals surface area (Å²) in [5.74, 6) is 0.0102. The molecule has 1 N–H and O–H groups in total. The molecule has 2 aliphatic rings. The second-order valence-electron chi connectivity index (χ2n) is 7.53. The van der Waals surface area contributed by atoms with E-state index in [1.807, 2.05) is 21.8 Å². The third-order valence-corrected chi connectivity index (χ3v) is 5.88. The normalized spacial score (nSPS) is 17.9. The fourth-order valence-corrected chi connectivity index (χ4v) is 4.12. The van der Waals surface area contributed by atoms with Gasteiger partial charge in [0.25, 0.3) is 5.91 Å². The number of nitrogens with one attached hydrogen (secondary N) is 1. The Hall–Kier alpha value is -1.83. The molecule has 29 heavy (non-hydrogen) atoms. The van der Waals surface area contributed by atoms with Crippen LogP contribution in [0.4, 0.5) is 5.69 Å². The Labute approximate surface area is 184 Å². The van der Waals surface area contributed by atoms with Crippen LogP contribution >= 0.6 is 24.8 Å². The van der Waals surface area contributed by atoms with Gasteiger partial charge in [0.05, 0.1) is 12.2 Å². The van der Waals surface area contributed by atoms with E-state index in [0.717, 1.165) is 51.9 Å². The summed E-state index contributed by atoms with van der Waals surface area (Å²) in [7, 11) is 2.14. The highest BCUT2D eigenvalue weighted by atomic mass is 35.5. The van der Waals surface area contributed by atoms with Crippen LogP contribution in [-0.4, -0.2) is 65.1 Å². The van der Waals surface area contributed by atoms with Crippen molar-refractivity contribution < 1.29 is 4.79 Å². The number of benzene rings is 1. The summed E-state index contributed by atoms with van der Waals surface area (Å²) in [6.07, 6.45) is 5.85. The Morgan fingerprint density at radius 3 is 2.38 bits per heavy atom. The van der Waals surface area contributed by atoms with Gasteiger partial charge in [-0.2, -0.15) is 0 Å². The largest absolute Gasteiger partial charge is 0.371 e. The summed E-state index contributed by atoms with van der Waals surface area (Å²) in [4.78, 5) is 17.1.